The molecule has 8 nitrogen and oxygen atoms in total. The molecule has 0 aliphatic carbocycles. The monoisotopic (exact) mass is 342 g/mol. The fourth-order valence-electron chi connectivity index (χ4n) is 3.09. The lowest BCUT2D eigenvalue weighted by atomic mass is 9.94. The van der Waals surface area contributed by atoms with Gasteiger partial charge in [0, 0.05) is 37.1 Å². The Balaban J connectivity index is 1.50. The zero-order chi connectivity index (χ0) is 17.6. The molecule has 1 aliphatic rings. The molecule has 0 saturated carbocycles. The summed E-state index contributed by atoms with van der Waals surface area (Å²) < 4.78 is 0. The summed E-state index contributed by atoms with van der Waals surface area (Å²) in [5.41, 5.74) is 7.37. The third-order valence-electron chi connectivity index (χ3n) is 4.38. The van der Waals surface area contributed by atoms with Crippen LogP contribution < -0.4 is 11.1 Å². The van der Waals surface area contributed by atoms with Gasteiger partial charge in [-0.3, -0.25) is 24.6 Å². The van der Waals surface area contributed by atoms with E-state index >= 15 is 0 Å². The molecule has 25 heavy (non-hydrogen) atoms. The van der Waals surface area contributed by atoms with Gasteiger partial charge in [0.2, 0.25) is 5.91 Å². The predicted molar refractivity (Wildman–Crippen MR) is 91.6 cm³/mol. The molecule has 1 saturated heterocycles. The van der Waals surface area contributed by atoms with E-state index in [0.717, 1.165) is 37.2 Å². The third kappa shape index (κ3) is 4.63. The second-order valence-electron chi connectivity index (χ2n) is 6.29. The van der Waals surface area contributed by atoms with Crippen molar-refractivity contribution in [2.75, 3.05) is 19.6 Å². The van der Waals surface area contributed by atoms with Crippen molar-refractivity contribution in [2.45, 2.75) is 25.3 Å². The fraction of sp³-hybridized carbons (Fsp3) is 0.412. The van der Waals surface area contributed by atoms with E-state index in [-0.39, 0.29) is 17.5 Å². The summed E-state index contributed by atoms with van der Waals surface area (Å²) in [6, 6.07) is 5.49. The van der Waals surface area contributed by atoms with Crippen LogP contribution in [0.1, 0.15) is 40.5 Å². The molecule has 0 unspecified atom stereocenters. The molecule has 0 spiro atoms. The second kappa shape index (κ2) is 7.89. The number of rotatable bonds is 6. The number of amides is 2. The van der Waals surface area contributed by atoms with Gasteiger partial charge in [-0.15, -0.1) is 0 Å². The molecule has 3 rings (SSSR count). The summed E-state index contributed by atoms with van der Waals surface area (Å²) in [6.07, 6.45) is 5.43. The predicted octanol–water partition coefficient (Wildman–Crippen LogP) is 0.399. The Bertz CT molecular complexity index is 730. The van der Waals surface area contributed by atoms with Crippen LogP contribution in [0, 0.1) is 0 Å². The maximum atomic E-state index is 12.2. The summed E-state index contributed by atoms with van der Waals surface area (Å²) in [5.74, 6) is -0.322. The molecule has 0 bridgehead atoms. The minimum absolute atomic E-state index is 0.00746. The van der Waals surface area contributed by atoms with E-state index in [1.807, 2.05) is 12.1 Å². The number of aromatic nitrogens is 3. The number of aromatic amines is 1. The lowest BCUT2D eigenvalue weighted by Gasteiger charge is -2.31. The maximum absolute atomic E-state index is 12.2. The van der Waals surface area contributed by atoms with Crippen molar-refractivity contribution in [3.8, 4) is 0 Å². The first-order chi connectivity index (χ1) is 12.1. The largest absolute Gasteiger partial charge is 0.364 e. The molecule has 1 atom stereocenters. The molecule has 2 amide bonds. The highest BCUT2D eigenvalue weighted by Gasteiger charge is 2.24. The first kappa shape index (κ1) is 17.1. The number of nitrogens with two attached hydrogens (primary N) is 1. The molecule has 0 radical (unpaired) electrons. The zero-order valence-corrected chi connectivity index (χ0v) is 13.9. The molecule has 132 valence electrons. The number of hydrogen-bond donors (Lipinski definition) is 3. The lowest BCUT2D eigenvalue weighted by molar-refractivity contribution is -0.122. The fourth-order valence-corrected chi connectivity index (χ4v) is 3.09. The third-order valence-corrected chi connectivity index (χ3v) is 4.38. The van der Waals surface area contributed by atoms with Crippen molar-refractivity contribution >= 4 is 11.8 Å². The molecule has 2 aromatic rings. The smallest absolute Gasteiger partial charge is 0.269 e. The number of hydrogen-bond acceptors (Lipinski definition) is 5. The molecule has 8 heteroatoms. The standard InChI is InChI=1S/C17H22N6O2/c18-17(25)15-7-14(21-22-15)13-4-2-6-23(10-13)11-16(24)20-9-12-3-1-5-19-8-12/h1,3,5,7-8,13H,2,4,6,9-11H2,(H2,18,25)(H,20,24)(H,21,22)/t13-/m1/s1. The van der Waals surface area contributed by atoms with Gasteiger partial charge in [0.05, 0.1) is 6.54 Å². The number of nitrogens with one attached hydrogen (secondary N) is 2. The molecule has 2 aromatic heterocycles. The topological polar surface area (TPSA) is 117 Å². The van der Waals surface area contributed by atoms with Gasteiger partial charge < -0.3 is 11.1 Å². The first-order valence-electron chi connectivity index (χ1n) is 8.35. The number of carbonyl (C=O) groups excluding carboxylic acids is 2. The highest BCUT2D eigenvalue weighted by molar-refractivity contribution is 5.90. The van der Waals surface area contributed by atoms with Crippen molar-refractivity contribution in [1.82, 2.24) is 25.4 Å². The summed E-state index contributed by atoms with van der Waals surface area (Å²) in [7, 11) is 0. The van der Waals surface area contributed by atoms with E-state index < -0.39 is 5.91 Å². The van der Waals surface area contributed by atoms with Crippen molar-refractivity contribution in [1.29, 1.82) is 0 Å². The van der Waals surface area contributed by atoms with E-state index in [0.29, 0.717) is 13.1 Å². The Morgan fingerprint density at radius 3 is 3.04 bits per heavy atom. The van der Waals surface area contributed by atoms with E-state index in [2.05, 4.69) is 25.4 Å². The van der Waals surface area contributed by atoms with Crippen molar-refractivity contribution in [3.05, 3.63) is 47.5 Å². The van der Waals surface area contributed by atoms with Crippen LogP contribution in [0.25, 0.3) is 0 Å². The molecule has 0 aromatic carbocycles. The van der Waals surface area contributed by atoms with Crippen LogP contribution in [0.3, 0.4) is 0 Å². The number of H-pyrrole nitrogens is 1. The Morgan fingerprint density at radius 1 is 1.44 bits per heavy atom. The Morgan fingerprint density at radius 2 is 2.32 bits per heavy atom. The van der Waals surface area contributed by atoms with E-state index in [1.54, 1.807) is 18.5 Å². The summed E-state index contributed by atoms with van der Waals surface area (Å²) in [4.78, 5) is 29.5. The maximum Gasteiger partial charge on any atom is 0.269 e. The van der Waals surface area contributed by atoms with Gasteiger partial charge in [-0.1, -0.05) is 6.07 Å². The van der Waals surface area contributed by atoms with E-state index in [9.17, 15) is 9.59 Å². The van der Waals surface area contributed by atoms with Gasteiger partial charge in [0.15, 0.2) is 0 Å². The molecule has 1 aliphatic heterocycles. The minimum atomic E-state index is -0.537. The average molecular weight is 342 g/mol. The van der Waals surface area contributed by atoms with E-state index in [4.69, 9.17) is 5.73 Å². The van der Waals surface area contributed by atoms with Crippen LogP contribution in [0.2, 0.25) is 0 Å². The Labute approximate surface area is 145 Å². The van der Waals surface area contributed by atoms with Gasteiger partial charge in [-0.2, -0.15) is 5.10 Å². The second-order valence-corrected chi connectivity index (χ2v) is 6.29. The SMILES string of the molecule is NC(=O)c1cc([C@@H]2CCCN(CC(=O)NCc3cccnc3)C2)[nH]n1. The summed E-state index contributed by atoms with van der Waals surface area (Å²) >= 11 is 0. The van der Waals surface area contributed by atoms with Gasteiger partial charge >= 0.3 is 0 Å². The highest BCUT2D eigenvalue weighted by Crippen LogP contribution is 2.25. The quantitative estimate of drug-likeness (QED) is 0.702. The summed E-state index contributed by atoms with van der Waals surface area (Å²) in [5, 5.41) is 9.75. The number of carbonyl (C=O) groups is 2. The highest BCUT2D eigenvalue weighted by atomic mass is 16.2. The van der Waals surface area contributed by atoms with Crippen LogP contribution in [-0.2, 0) is 11.3 Å². The number of pyridine rings is 1. The van der Waals surface area contributed by atoms with Crippen LogP contribution >= 0.6 is 0 Å². The number of primary amides is 1. The normalized spacial score (nSPS) is 18.0. The number of likely N-dealkylation sites (tertiary alicyclic amines) is 1. The molecule has 3 heterocycles. The van der Waals surface area contributed by atoms with Gasteiger partial charge in [0.25, 0.3) is 5.91 Å². The Hall–Kier alpha value is -2.74. The van der Waals surface area contributed by atoms with Crippen molar-refractivity contribution < 1.29 is 9.59 Å². The first-order valence-corrected chi connectivity index (χ1v) is 8.35. The van der Waals surface area contributed by atoms with Crippen molar-refractivity contribution in [2.24, 2.45) is 5.73 Å². The van der Waals surface area contributed by atoms with Gasteiger partial charge in [0.1, 0.15) is 5.69 Å². The molecule has 4 N–H and O–H groups in total. The van der Waals surface area contributed by atoms with Gasteiger partial charge in [-0.05, 0) is 37.1 Å². The number of nitrogens with zero attached hydrogens (tertiary/aromatic N) is 3. The minimum Gasteiger partial charge on any atom is -0.364 e. The Kier molecular flexibility index (Phi) is 5.39. The molecular weight excluding hydrogens is 320 g/mol. The van der Waals surface area contributed by atoms with Crippen molar-refractivity contribution in [3.63, 3.8) is 0 Å². The zero-order valence-electron chi connectivity index (χ0n) is 13.9. The van der Waals surface area contributed by atoms with E-state index in [1.165, 1.54) is 0 Å². The molecule has 1 fully saturated rings. The van der Waals surface area contributed by atoms with Gasteiger partial charge in [-0.25, -0.2) is 0 Å². The summed E-state index contributed by atoms with van der Waals surface area (Å²) in [6.45, 7) is 2.47. The van der Waals surface area contributed by atoms with Crippen LogP contribution in [0.5, 0.6) is 0 Å². The number of piperidine rings is 1. The lowest BCUT2D eigenvalue weighted by Crippen LogP contribution is -2.41. The van der Waals surface area contributed by atoms with Crippen LogP contribution in [0.15, 0.2) is 30.6 Å². The van der Waals surface area contributed by atoms with Crippen LogP contribution in [0.4, 0.5) is 0 Å². The average Bonchev–Trinajstić information content (AvgIpc) is 3.12. The van der Waals surface area contributed by atoms with Crippen LogP contribution in [-0.4, -0.2) is 51.5 Å². The molecular formula is C17H22N6O2.